The van der Waals surface area contributed by atoms with Crippen molar-refractivity contribution in [2.75, 3.05) is 12.3 Å². The summed E-state index contributed by atoms with van der Waals surface area (Å²) < 4.78 is 0. The van der Waals surface area contributed by atoms with Gasteiger partial charge in [0, 0.05) is 42.7 Å². The van der Waals surface area contributed by atoms with Crippen molar-refractivity contribution in [2.24, 2.45) is 0 Å². The summed E-state index contributed by atoms with van der Waals surface area (Å²) in [4.78, 5) is 22.6. The van der Waals surface area contributed by atoms with Gasteiger partial charge < -0.3 is 10.7 Å². The first-order valence-corrected chi connectivity index (χ1v) is 9.30. The molecule has 2 aromatic heterocycles. The molecule has 1 aliphatic heterocycles. The highest BCUT2D eigenvalue weighted by molar-refractivity contribution is 5.81. The second-order valence-electron chi connectivity index (χ2n) is 7.14. The standard InChI is InChI=1S/C21H20N6O/c22-14-7-5-13(6-8-14)20-23-17-9-10-27(11-16(17)21(28)24-20)12-19-15-3-1-2-4-18(15)25-26-19/h1-8H,9-12,22H2,(H,25,26)(H,23,24,28). The van der Waals surface area contributed by atoms with Crippen LogP contribution in [0.1, 0.15) is 17.0 Å². The lowest BCUT2D eigenvalue weighted by Crippen LogP contribution is -2.35. The molecule has 4 N–H and O–H groups in total. The van der Waals surface area contributed by atoms with Gasteiger partial charge in [-0.1, -0.05) is 18.2 Å². The van der Waals surface area contributed by atoms with E-state index in [-0.39, 0.29) is 5.56 Å². The Kier molecular flexibility index (Phi) is 3.95. The first-order valence-electron chi connectivity index (χ1n) is 9.30. The predicted octanol–water partition coefficient (Wildman–Crippen LogP) is 2.45. The normalized spacial score (nSPS) is 14.3. The van der Waals surface area contributed by atoms with Crippen LogP contribution in [0.3, 0.4) is 0 Å². The maximum atomic E-state index is 12.7. The summed E-state index contributed by atoms with van der Waals surface area (Å²) in [5.74, 6) is 0.594. The van der Waals surface area contributed by atoms with Crippen LogP contribution >= 0.6 is 0 Å². The molecule has 0 atom stereocenters. The lowest BCUT2D eigenvalue weighted by atomic mass is 10.1. The highest BCUT2D eigenvalue weighted by Crippen LogP contribution is 2.22. The number of aromatic nitrogens is 4. The molecule has 7 nitrogen and oxygen atoms in total. The van der Waals surface area contributed by atoms with Gasteiger partial charge >= 0.3 is 0 Å². The van der Waals surface area contributed by atoms with Crippen molar-refractivity contribution in [1.82, 2.24) is 25.1 Å². The summed E-state index contributed by atoms with van der Waals surface area (Å²) in [5.41, 5.74) is 10.9. The second-order valence-corrected chi connectivity index (χ2v) is 7.14. The van der Waals surface area contributed by atoms with Gasteiger partial charge in [0.1, 0.15) is 5.82 Å². The number of hydrogen-bond donors (Lipinski definition) is 3. The summed E-state index contributed by atoms with van der Waals surface area (Å²) in [6.07, 6.45) is 0.743. The fraction of sp³-hybridized carbons (Fsp3) is 0.190. The second kappa shape index (κ2) is 6.61. The van der Waals surface area contributed by atoms with Gasteiger partial charge in [0.15, 0.2) is 0 Å². The van der Waals surface area contributed by atoms with Gasteiger partial charge in [-0.05, 0) is 30.3 Å². The highest BCUT2D eigenvalue weighted by Gasteiger charge is 2.22. The minimum atomic E-state index is -0.0732. The quantitative estimate of drug-likeness (QED) is 0.479. The van der Waals surface area contributed by atoms with E-state index in [0.717, 1.165) is 52.9 Å². The summed E-state index contributed by atoms with van der Waals surface area (Å²) in [6.45, 7) is 2.14. The molecule has 0 aliphatic carbocycles. The van der Waals surface area contributed by atoms with Crippen LogP contribution in [0, 0.1) is 0 Å². The molecule has 0 saturated carbocycles. The van der Waals surface area contributed by atoms with Crippen LogP contribution in [-0.4, -0.2) is 31.6 Å². The number of nitrogen functional groups attached to an aromatic ring is 1. The number of benzene rings is 2. The average Bonchev–Trinajstić information content (AvgIpc) is 3.12. The molecule has 1 aliphatic rings. The third kappa shape index (κ3) is 2.95. The SMILES string of the molecule is Nc1ccc(-c2nc3c(c(=O)[nH]2)CN(Cc2[nH]nc4ccccc24)CC3)cc1. The zero-order valence-corrected chi connectivity index (χ0v) is 15.3. The summed E-state index contributed by atoms with van der Waals surface area (Å²) in [5, 5.41) is 8.61. The van der Waals surface area contributed by atoms with Gasteiger partial charge in [-0.2, -0.15) is 5.10 Å². The molecule has 0 fully saturated rings. The molecule has 0 saturated heterocycles. The Labute approximate surface area is 161 Å². The number of nitrogens with one attached hydrogen (secondary N) is 2. The Balaban J connectivity index is 1.41. The number of para-hydroxylation sites is 1. The molecule has 0 radical (unpaired) electrons. The van der Waals surface area contributed by atoms with Gasteiger partial charge in [-0.15, -0.1) is 0 Å². The molecule has 0 unspecified atom stereocenters. The smallest absolute Gasteiger partial charge is 0.255 e. The lowest BCUT2D eigenvalue weighted by molar-refractivity contribution is 0.240. The Hall–Kier alpha value is -3.45. The minimum Gasteiger partial charge on any atom is -0.399 e. The van der Waals surface area contributed by atoms with Crippen LogP contribution in [0.4, 0.5) is 5.69 Å². The number of H-pyrrole nitrogens is 2. The molecule has 3 heterocycles. The topological polar surface area (TPSA) is 104 Å². The van der Waals surface area contributed by atoms with Crippen molar-refractivity contribution < 1.29 is 0 Å². The molecular weight excluding hydrogens is 352 g/mol. The largest absolute Gasteiger partial charge is 0.399 e. The van der Waals surface area contributed by atoms with E-state index < -0.39 is 0 Å². The van der Waals surface area contributed by atoms with E-state index in [1.807, 2.05) is 42.5 Å². The molecule has 4 aromatic rings. The van der Waals surface area contributed by atoms with Crippen molar-refractivity contribution >= 4 is 16.6 Å². The maximum absolute atomic E-state index is 12.7. The van der Waals surface area contributed by atoms with Crippen LogP contribution in [-0.2, 0) is 19.5 Å². The van der Waals surface area contributed by atoms with Gasteiger partial charge in [-0.25, -0.2) is 4.98 Å². The summed E-state index contributed by atoms with van der Waals surface area (Å²) >= 11 is 0. The number of nitrogens with zero attached hydrogens (tertiary/aromatic N) is 3. The van der Waals surface area contributed by atoms with Crippen LogP contribution < -0.4 is 11.3 Å². The number of fused-ring (bicyclic) bond motifs is 2. The number of anilines is 1. The van der Waals surface area contributed by atoms with E-state index in [1.54, 1.807) is 0 Å². The van der Waals surface area contributed by atoms with Crippen LogP contribution in [0.2, 0.25) is 0 Å². The molecule has 7 heteroatoms. The monoisotopic (exact) mass is 372 g/mol. The van der Waals surface area contributed by atoms with Crippen LogP contribution in [0.25, 0.3) is 22.3 Å². The molecule has 0 amide bonds. The molecule has 28 heavy (non-hydrogen) atoms. The van der Waals surface area contributed by atoms with E-state index in [1.165, 1.54) is 0 Å². The molecule has 5 rings (SSSR count). The Morgan fingerprint density at radius 2 is 1.93 bits per heavy atom. The number of rotatable bonds is 3. The fourth-order valence-corrected chi connectivity index (χ4v) is 3.75. The summed E-state index contributed by atoms with van der Waals surface area (Å²) in [7, 11) is 0. The zero-order chi connectivity index (χ0) is 19.1. The Morgan fingerprint density at radius 3 is 2.79 bits per heavy atom. The zero-order valence-electron chi connectivity index (χ0n) is 15.3. The molecule has 2 aromatic carbocycles. The third-order valence-electron chi connectivity index (χ3n) is 5.25. The average molecular weight is 372 g/mol. The lowest BCUT2D eigenvalue weighted by Gasteiger charge is -2.27. The predicted molar refractivity (Wildman–Crippen MR) is 109 cm³/mol. The van der Waals surface area contributed by atoms with Gasteiger partial charge in [-0.3, -0.25) is 14.8 Å². The van der Waals surface area contributed by atoms with E-state index in [4.69, 9.17) is 10.7 Å². The van der Waals surface area contributed by atoms with E-state index in [2.05, 4.69) is 26.1 Å². The Bertz CT molecular complexity index is 1210. The van der Waals surface area contributed by atoms with Gasteiger partial charge in [0.2, 0.25) is 0 Å². The molecule has 0 spiro atoms. The van der Waals surface area contributed by atoms with Gasteiger partial charge in [0.25, 0.3) is 5.56 Å². The number of hydrogen-bond acceptors (Lipinski definition) is 5. The fourth-order valence-electron chi connectivity index (χ4n) is 3.75. The van der Waals surface area contributed by atoms with E-state index >= 15 is 0 Å². The highest BCUT2D eigenvalue weighted by atomic mass is 16.1. The maximum Gasteiger partial charge on any atom is 0.255 e. The van der Waals surface area contributed by atoms with Gasteiger partial charge in [0.05, 0.1) is 22.5 Å². The van der Waals surface area contributed by atoms with E-state index in [9.17, 15) is 4.79 Å². The first-order chi connectivity index (χ1) is 13.7. The van der Waals surface area contributed by atoms with Crippen molar-refractivity contribution in [2.45, 2.75) is 19.5 Å². The van der Waals surface area contributed by atoms with Crippen molar-refractivity contribution in [3.8, 4) is 11.4 Å². The van der Waals surface area contributed by atoms with Crippen molar-refractivity contribution in [1.29, 1.82) is 0 Å². The van der Waals surface area contributed by atoms with E-state index in [0.29, 0.717) is 18.1 Å². The Morgan fingerprint density at radius 1 is 1.11 bits per heavy atom. The molecule has 0 bridgehead atoms. The minimum absolute atomic E-state index is 0.0732. The van der Waals surface area contributed by atoms with Crippen molar-refractivity contribution in [3.05, 3.63) is 75.8 Å². The molecular formula is C21H20N6O. The van der Waals surface area contributed by atoms with Crippen LogP contribution in [0.5, 0.6) is 0 Å². The first kappa shape index (κ1) is 16.7. The third-order valence-corrected chi connectivity index (χ3v) is 5.25. The summed E-state index contributed by atoms with van der Waals surface area (Å²) in [6, 6.07) is 15.4. The number of aromatic amines is 2. The molecule has 140 valence electrons. The van der Waals surface area contributed by atoms with Crippen LogP contribution in [0.15, 0.2) is 53.3 Å². The van der Waals surface area contributed by atoms with Crippen molar-refractivity contribution in [3.63, 3.8) is 0 Å². The number of nitrogens with two attached hydrogens (primary N) is 1.